The number of thiazole rings is 1. The molecule has 0 aliphatic rings. The smallest absolute Gasteiger partial charge is 0.220 e. The van der Waals surface area contributed by atoms with Crippen LogP contribution < -0.4 is 11.1 Å². The molecule has 1 aromatic heterocycles. The summed E-state index contributed by atoms with van der Waals surface area (Å²) in [5.74, 6) is 0.0686. The molecule has 0 bridgehead atoms. The molecule has 4 nitrogen and oxygen atoms in total. The summed E-state index contributed by atoms with van der Waals surface area (Å²) in [5.41, 5.74) is 6.42. The van der Waals surface area contributed by atoms with Crippen molar-refractivity contribution in [2.75, 3.05) is 6.54 Å². The third kappa shape index (κ3) is 6.18. The molecule has 1 aromatic carbocycles. The van der Waals surface area contributed by atoms with Crippen LogP contribution in [0.2, 0.25) is 0 Å². The molecule has 1 atom stereocenters. The summed E-state index contributed by atoms with van der Waals surface area (Å²) in [6.07, 6.45) is 2.01. The van der Waals surface area contributed by atoms with Crippen LogP contribution in [-0.2, 0) is 11.2 Å². The Labute approximate surface area is 141 Å². The molecule has 7 heteroatoms. The number of benzene rings is 1. The van der Waals surface area contributed by atoms with Gasteiger partial charge in [0, 0.05) is 18.9 Å². The molecule has 0 radical (unpaired) electrons. The van der Waals surface area contributed by atoms with Gasteiger partial charge in [0.25, 0.3) is 0 Å². The van der Waals surface area contributed by atoms with Gasteiger partial charge in [-0.2, -0.15) is 0 Å². The number of carbonyl (C=O) groups excluding carboxylic acids is 1. The zero-order chi connectivity index (χ0) is 13.7. The number of carbonyl (C=O) groups is 1. The van der Waals surface area contributed by atoms with Gasteiger partial charge in [0.2, 0.25) is 5.91 Å². The normalized spacial score (nSPS) is 11.3. The van der Waals surface area contributed by atoms with E-state index in [1.165, 1.54) is 4.70 Å². The first kappa shape index (κ1) is 20.1. The van der Waals surface area contributed by atoms with Crippen LogP contribution in [0.15, 0.2) is 24.3 Å². The highest BCUT2D eigenvalue weighted by molar-refractivity contribution is 7.18. The molecule has 0 fully saturated rings. The van der Waals surface area contributed by atoms with Crippen LogP contribution in [0.3, 0.4) is 0 Å². The standard InChI is InChI=1S/C14H19N3OS.2ClH/c1-10(16-13(18)7-4-8-15)9-14-17-11-5-2-3-6-12(11)19-14;;/h2-3,5-6,10H,4,7-9,15H2,1H3,(H,16,18);2*1H. The van der Waals surface area contributed by atoms with Gasteiger partial charge in [0.1, 0.15) is 0 Å². The predicted octanol–water partition coefficient (Wildman–Crippen LogP) is 2.93. The highest BCUT2D eigenvalue weighted by atomic mass is 35.5. The van der Waals surface area contributed by atoms with Gasteiger partial charge >= 0.3 is 0 Å². The first-order chi connectivity index (χ1) is 9.19. The highest BCUT2D eigenvalue weighted by Gasteiger charge is 2.10. The number of fused-ring (bicyclic) bond motifs is 1. The van der Waals surface area contributed by atoms with E-state index in [9.17, 15) is 4.79 Å². The summed E-state index contributed by atoms with van der Waals surface area (Å²) in [5, 5.41) is 4.04. The highest BCUT2D eigenvalue weighted by Crippen LogP contribution is 2.22. The average Bonchev–Trinajstić information content (AvgIpc) is 2.78. The molecule has 1 heterocycles. The number of amides is 1. The maximum Gasteiger partial charge on any atom is 0.220 e. The monoisotopic (exact) mass is 349 g/mol. The number of hydrogen-bond acceptors (Lipinski definition) is 4. The van der Waals surface area contributed by atoms with Crippen molar-refractivity contribution in [2.45, 2.75) is 32.2 Å². The molecule has 3 N–H and O–H groups in total. The summed E-state index contributed by atoms with van der Waals surface area (Å²) in [7, 11) is 0. The van der Waals surface area contributed by atoms with Crippen molar-refractivity contribution < 1.29 is 4.79 Å². The van der Waals surface area contributed by atoms with E-state index in [1.807, 2.05) is 25.1 Å². The van der Waals surface area contributed by atoms with Crippen LogP contribution in [0.1, 0.15) is 24.8 Å². The summed E-state index contributed by atoms with van der Waals surface area (Å²) < 4.78 is 1.19. The van der Waals surface area contributed by atoms with Gasteiger partial charge in [-0.25, -0.2) is 4.98 Å². The first-order valence-electron chi connectivity index (χ1n) is 6.53. The minimum absolute atomic E-state index is 0. The molecule has 0 aliphatic heterocycles. The van der Waals surface area contributed by atoms with E-state index in [2.05, 4.69) is 16.4 Å². The molecule has 2 rings (SSSR count). The van der Waals surface area contributed by atoms with Gasteiger partial charge in [-0.15, -0.1) is 36.2 Å². The number of para-hydroxylation sites is 1. The fourth-order valence-electron chi connectivity index (χ4n) is 1.93. The second-order valence-corrected chi connectivity index (χ2v) is 5.76. The first-order valence-corrected chi connectivity index (χ1v) is 7.34. The molecule has 0 spiro atoms. The number of nitrogens with two attached hydrogens (primary N) is 1. The number of halogens is 2. The number of nitrogens with zero attached hydrogens (tertiary/aromatic N) is 1. The van der Waals surface area contributed by atoms with E-state index in [0.717, 1.165) is 23.4 Å². The molecule has 1 amide bonds. The summed E-state index contributed by atoms with van der Waals surface area (Å²) in [6, 6.07) is 8.19. The third-order valence-electron chi connectivity index (χ3n) is 2.83. The fourth-order valence-corrected chi connectivity index (χ4v) is 3.03. The van der Waals surface area contributed by atoms with Crippen LogP contribution in [0.4, 0.5) is 0 Å². The second-order valence-electron chi connectivity index (χ2n) is 4.64. The summed E-state index contributed by atoms with van der Waals surface area (Å²) in [4.78, 5) is 16.2. The van der Waals surface area contributed by atoms with Crippen molar-refractivity contribution in [1.29, 1.82) is 0 Å². The predicted molar refractivity (Wildman–Crippen MR) is 93.7 cm³/mol. The largest absolute Gasteiger partial charge is 0.353 e. The van der Waals surface area contributed by atoms with Gasteiger partial charge in [-0.1, -0.05) is 12.1 Å². The maximum atomic E-state index is 11.6. The van der Waals surface area contributed by atoms with Crippen molar-refractivity contribution in [3.05, 3.63) is 29.3 Å². The Morgan fingerprint density at radius 3 is 2.76 bits per heavy atom. The van der Waals surface area contributed by atoms with Crippen LogP contribution in [0.5, 0.6) is 0 Å². The van der Waals surface area contributed by atoms with Crippen molar-refractivity contribution in [3.8, 4) is 0 Å². The number of aromatic nitrogens is 1. The van der Waals surface area contributed by atoms with E-state index in [-0.39, 0.29) is 36.8 Å². The molecule has 0 saturated heterocycles. The maximum absolute atomic E-state index is 11.6. The molecule has 21 heavy (non-hydrogen) atoms. The Morgan fingerprint density at radius 2 is 2.10 bits per heavy atom. The molecular formula is C14H21Cl2N3OS. The lowest BCUT2D eigenvalue weighted by molar-refractivity contribution is -0.121. The average molecular weight is 350 g/mol. The molecule has 1 unspecified atom stereocenters. The quantitative estimate of drug-likeness (QED) is 0.842. The molecule has 2 aromatic rings. The number of hydrogen-bond donors (Lipinski definition) is 2. The number of rotatable bonds is 6. The van der Waals surface area contributed by atoms with Crippen LogP contribution in [-0.4, -0.2) is 23.5 Å². The van der Waals surface area contributed by atoms with Crippen molar-refractivity contribution >= 4 is 52.3 Å². The molecule has 0 saturated carbocycles. The van der Waals surface area contributed by atoms with Crippen LogP contribution >= 0.6 is 36.2 Å². The van der Waals surface area contributed by atoms with Gasteiger partial charge in [-0.3, -0.25) is 4.79 Å². The Kier molecular flexibility index (Phi) is 9.53. The third-order valence-corrected chi connectivity index (χ3v) is 3.89. The summed E-state index contributed by atoms with van der Waals surface area (Å²) in [6.45, 7) is 2.56. The van der Waals surface area contributed by atoms with Crippen molar-refractivity contribution in [1.82, 2.24) is 10.3 Å². The Hall–Kier alpha value is -0.880. The van der Waals surface area contributed by atoms with Gasteiger partial charge in [0.15, 0.2) is 0 Å². The Bertz CT molecular complexity index is 529. The Morgan fingerprint density at radius 1 is 1.38 bits per heavy atom. The lowest BCUT2D eigenvalue weighted by atomic mass is 10.2. The van der Waals surface area contributed by atoms with E-state index < -0.39 is 0 Å². The van der Waals surface area contributed by atoms with E-state index in [0.29, 0.717) is 13.0 Å². The molecular weight excluding hydrogens is 329 g/mol. The fraction of sp³-hybridized carbons (Fsp3) is 0.429. The number of nitrogens with one attached hydrogen (secondary N) is 1. The minimum atomic E-state index is 0. The van der Waals surface area contributed by atoms with Gasteiger partial charge in [-0.05, 0) is 32.0 Å². The van der Waals surface area contributed by atoms with Crippen molar-refractivity contribution in [2.24, 2.45) is 5.73 Å². The van der Waals surface area contributed by atoms with E-state index in [1.54, 1.807) is 11.3 Å². The topological polar surface area (TPSA) is 68.0 Å². The van der Waals surface area contributed by atoms with Crippen molar-refractivity contribution in [3.63, 3.8) is 0 Å². The SMILES string of the molecule is CC(Cc1nc2ccccc2s1)NC(=O)CCCN.Cl.Cl. The zero-order valence-corrected chi connectivity index (χ0v) is 14.3. The lowest BCUT2D eigenvalue weighted by Crippen LogP contribution is -2.34. The Balaban J connectivity index is 0.00000200. The molecule has 118 valence electrons. The van der Waals surface area contributed by atoms with Gasteiger partial charge < -0.3 is 11.1 Å². The lowest BCUT2D eigenvalue weighted by Gasteiger charge is -2.11. The van der Waals surface area contributed by atoms with Gasteiger partial charge in [0.05, 0.1) is 15.2 Å². The van der Waals surface area contributed by atoms with E-state index >= 15 is 0 Å². The minimum Gasteiger partial charge on any atom is -0.353 e. The van der Waals surface area contributed by atoms with E-state index in [4.69, 9.17) is 5.73 Å². The second kappa shape index (κ2) is 9.95. The summed E-state index contributed by atoms with van der Waals surface area (Å²) >= 11 is 1.69. The van der Waals surface area contributed by atoms with Crippen LogP contribution in [0, 0.1) is 0 Å². The zero-order valence-electron chi connectivity index (χ0n) is 11.9. The molecule has 0 aliphatic carbocycles. The van der Waals surface area contributed by atoms with Crippen LogP contribution in [0.25, 0.3) is 10.2 Å².